The molecule has 0 bridgehead atoms. The minimum atomic E-state index is -1.01. The van der Waals surface area contributed by atoms with Crippen LogP contribution >= 0.6 is 0 Å². The van der Waals surface area contributed by atoms with Gasteiger partial charge in [-0.1, -0.05) is 108 Å². The second-order valence-corrected chi connectivity index (χ2v) is 8.52. The third-order valence-electron chi connectivity index (χ3n) is 5.79. The number of benzene rings is 1. The molecule has 0 aliphatic carbocycles. The number of aliphatic carboxylic acids is 1. The molecule has 1 aromatic rings. The third-order valence-corrected chi connectivity index (χ3v) is 5.79. The summed E-state index contributed by atoms with van der Waals surface area (Å²) in [5.41, 5.74) is 0.866. The minimum absolute atomic E-state index is 0.186. The highest BCUT2D eigenvalue weighted by molar-refractivity contribution is 5.99. The van der Waals surface area contributed by atoms with Crippen molar-refractivity contribution in [3.63, 3.8) is 0 Å². The zero-order valence-corrected chi connectivity index (χ0v) is 18.8. The molecule has 1 rings (SSSR count). The summed E-state index contributed by atoms with van der Waals surface area (Å²) in [7, 11) is 0. The van der Waals surface area contributed by atoms with Gasteiger partial charge in [0.2, 0.25) is 0 Å². The molecule has 0 fully saturated rings. The van der Waals surface area contributed by atoms with E-state index in [9.17, 15) is 19.1 Å². The number of carboxylic acids is 1. The Kier molecular flexibility index (Phi) is 14.9. The van der Waals surface area contributed by atoms with Crippen LogP contribution in [0.25, 0.3) is 0 Å². The van der Waals surface area contributed by atoms with Crippen LogP contribution in [0.1, 0.15) is 102 Å². The largest absolute Gasteiger partial charge is 0.481 e. The summed E-state index contributed by atoms with van der Waals surface area (Å²) in [4.78, 5) is 23.8. The third kappa shape index (κ3) is 12.8. The number of carbonyl (C=O) groups excluding carboxylic acids is 1. The lowest BCUT2D eigenvalue weighted by molar-refractivity contribution is -0.146. The number of hydrogen-bond acceptors (Lipinski definition) is 2. The number of halogens is 1. The first kappa shape index (κ1) is 26.3. The van der Waals surface area contributed by atoms with Gasteiger partial charge in [0.1, 0.15) is 12.1 Å². The molecule has 0 radical (unpaired) electrons. The topological polar surface area (TPSA) is 54.4 Å². The average Bonchev–Trinajstić information content (AvgIpc) is 2.73. The minimum Gasteiger partial charge on any atom is -0.481 e. The molecule has 30 heavy (non-hydrogen) atoms. The molecule has 2 atom stereocenters. The Morgan fingerprint density at radius 2 is 1.30 bits per heavy atom. The lowest BCUT2D eigenvalue weighted by Gasteiger charge is -2.11. The fourth-order valence-corrected chi connectivity index (χ4v) is 3.88. The van der Waals surface area contributed by atoms with Gasteiger partial charge in [-0.2, -0.15) is 0 Å². The fourth-order valence-electron chi connectivity index (χ4n) is 3.88. The van der Waals surface area contributed by atoms with Crippen LogP contribution < -0.4 is 0 Å². The number of unbranched alkanes of at least 4 members (excludes halogenated alkanes) is 9. The molecule has 0 heterocycles. The fraction of sp³-hybridized carbons (Fsp3) is 0.692. The van der Waals surface area contributed by atoms with E-state index in [-0.39, 0.29) is 12.2 Å². The van der Waals surface area contributed by atoms with Gasteiger partial charge in [-0.05, 0) is 24.8 Å². The maximum Gasteiger partial charge on any atom is 0.314 e. The Hall–Kier alpha value is -1.71. The first-order valence-electron chi connectivity index (χ1n) is 12.0. The van der Waals surface area contributed by atoms with Crippen LogP contribution in [0, 0.1) is 5.92 Å². The van der Waals surface area contributed by atoms with Crippen LogP contribution in [0.5, 0.6) is 0 Å². The molecule has 1 N–H and O–H groups in total. The Balaban J connectivity index is 2.06. The maximum atomic E-state index is 13.8. The molecule has 0 spiro atoms. The molecule has 0 saturated carbocycles. The van der Waals surface area contributed by atoms with Crippen molar-refractivity contribution >= 4 is 11.8 Å². The van der Waals surface area contributed by atoms with Gasteiger partial charge in [-0.25, -0.2) is 4.39 Å². The van der Waals surface area contributed by atoms with Crippen molar-refractivity contribution < 1.29 is 19.1 Å². The molecule has 2 unspecified atom stereocenters. The summed E-state index contributed by atoms with van der Waals surface area (Å²) in [5.74, 6) is -2.11. The van der Waals surface area contributed by atoms with Crippen LogP contribution in [0.2, 0.25) is 0 Å². The number of carbonyl (C=O) groups is 2. The van der Waals surface area contributed by atoms with Gasteiger partial charge in [0.15, 0.2) is 5.78 Å². The molecule has 170 valence electrons. The summed E-state index contributed by atoms with van der Waals surface area (Å²) in [5, 5.41) is 9.40. The zero-order valence-electron chi connectivity index (χ0n) is 18.8. The van der Waals surface area contributed by atoms with Crippen molar-refractivity contribution in [2.75, 3.05) is 0 Å². The summed E-state index contributed by atoms with van der Waals surface area (Å²) in [6, 6.07) is 9.31. The molecule has 1 aromatic carbocycles. The van der Waals surface area contributed by atoms with E-state index in [1.165, 1.54) is 12.8 Å². The molecular formula is C26H41FO3. The average molecular weight is 421 g/mol. The van der Waals surface area contributed by atoms with Gasteiger partial charge in [-0.3, -0.25) is 9.59 Å². The molecule has 4 heteroatoms. The lowest BCUT2D eigenvalue weighted by Crippen LogP contribution is -2.25. The number of carboxylic acid groups (broad SMARTS) is 1. The molecule has 0 aromatic heterocycles. The van der Waals surface area contributed by atoms with E-state index >= 15 is 0 Å². The van der Waals surface area contributed by atoms with Crippen LogP contribution in [0.3, 0.4) is 0 Å². The van der Waals surface area contributed by atoms with E-state index in [1.54, 1.807) is 0 Å². The lowest BCUT2D eigenvalue weighted by atomic mass is 9.92. The van der Waals surface area contributed by atoms with Crippen molar-refractivity contribution in [3.8, 4) is 0 Å². The highest BCUT2D eigenvalue weighted by atomic mass is 19.1. The molecule has 3 nitrogen and oxygen atoms in total. The summed E-state index contributed by atoms with van der Waals surface area (Å²) < 4.78 is 13.8. The van der Waals surface area contributed by atoms with Gasteiger partial charge < -0.3 is 5.11 Å². The summed E-state index contributed by atoms with van der Waals surface area (Å²) in [6.07, 6.45) is 13.0. The zero-order chi connectivity index (χ0) is 22.0. The predicted molar refractivity (Wildman–Crippen MR) is 121 cm³/mol. The normalized spacial score (nSPS) is 13.1. The number of Topliss-reactive ketones (excluding diaryl/α,β-unsaturated/α-hetero) is 1. The number of alkyl halides is 1. The van der Waals surface area contributed by atoms with Crippen molar-refractivity contribution in [2.45, 2.75) is 109 Å². The van der Waals surface area contributed by atoms with Gasteiger partial charge in [0.05, 0.1) is 0 Å². The van der Waals surface area contributed by atoms with Gasteiger partial charge in [0, 0.05) is 6.42 Å². The monoisotopic (exact) mass is 420 g/mol. The van der Waals surface area contributed by atoms with E-state index < -0.39 is 18.1 Å². The van der Waals surface area contributed by atoms with Gasteiger partial charge >= 0.3 is 5.97 Å². The highest BCUT2D eigenvalue weighted by Gasteiger charge is 2.25. The van der Waals surface area contributed by atoms with E-state index in [0.29, 0.717) is 19.3 Å². The molecule has 0 aliphatic rings. The van der Waals surface area contributed by atoms with E-state index in [4.69, 9.17) is 0 Å². The van der Waals surface area contributed by atoms with Gasteiger partial charge in [0.25, 0.3) is 0 Å². The molecule has 0 amide bonds. The number of hydrogen-bond donors (Lipinski definition) is 1. The van der Waals surface area contributed by atoms with E-state index in [0.717, 1.165) is 63.4 Å². The Labute approximate surface area is 182 Å². The van der Waals surface area contributed by atoms with E-state index in [2.05, 4.69) is 6.92 Å². The summed E-state index contributed by atoms with van der Waals surface area (Å²) in [6.45, 7) is 2.17. The second kappa shape index (κ2) is 17.0. The van der Waals surface area contributed by atoms with Crippen LogP contribution in [-0.4, -0.2) is 23.0 Å². The van der Waals surface area contributed by atoms with Crippen molar-refractivity contribution in [1.29, 1.82) is 0 Å². The van der Waals surface area contributed by atoms with Crippen LogP contribution in [-0.2, 0) is 16.0 Å². The van der Waals surface area contributed by atoms with Crippen LogP contribution in [0.4, 0.5) is 4.39 Å². The maximum absolute atomic E-state index is 13.8. The Bertz CT molecular complexity index is 573. The quantitative estimate of drug-likeness (QED) is 0.188. The van der Waals surface area contributed by atoms with Crippen LogP contribution in [0.15, 0.2) is 30.3 Å². The molecular weight excluding hydrogens is 379 g/mol. The first-order valence-corrected chi connectivity index (χ1v) is 12.0. The SMILES string of the molecule is CCCCCCC(F)CCCCCCCCCC(C(=O)O)C(=O)Cc1ccccc1. The second-order valence-electron chi connectivity index (χ2n) is 8.52. The van der Waals surface area contributed by atoms with Crippen molar-refractivity contribution in [3.05, 3.63) is 35.9 Å². The highest BCUT2D eigenvalue weighted by Crippen LogP contribution is 2.18. The van der Waals surface area contributed by atoms with Gasteiger partial charge in [-0.15, -0.1) is 0 Å². The Morgan fingerprint density at radius 1 is 0.800 bits per heavy atom. The van der Waals surface area contributed by atoms with Crippen molar-refractivity contribution in [1.82, 2.24) is 0 Å². The predicted octanol–water partition coefficient (Wildman–Crippen LogP) is 7.32. The molecule has 0 aliphatic heterocycles. The number of ketones is 1. The number of rotatable bonds is 19. The standard InChI is InChI=1S/C26H41FO3/c1-2-3-4-13-18-23(27)19-14-8-6-5-7-9-15-20-24(26(29)30)25(28)21-22-16-11-10-12-17-22/h10-12,16-17,23-24H,2-9,13-15,18-21H2,1H3,(H,29,30). The van der Waals surface area contributed by atoms with Crippen molar-refractivity contribution in [2.24, 2.45) is 5.92 Å². The van der Waals surface area contributed by atoms with E-state index in [1.807, 2.05) is 30.3 Å². The molecule has 0 saturated heterocycles. The first-order chi connectivity index (χ1) is 14.5. The Morgan fingerprint density at radius 3 is 1.83 bits per heavy atom. The smallest absolute Gasteiger partial charge is 0.314 e. The summed E-state index contributed by atoms with van der Waals surface area (Å²) >= 11 is 0.